The molecular weight excluding hydrogens is 340 g/mol. The van der Waals surface area contributed by atoms with Gasteiger partial charge in [0.2, 0.25) is 0 Å². The number of phenols is 1. The molecule has 0 saturated carbocycles. The number of aliphatic hydroxyl groups excluding tert-OH is 1. The molecule has 0 bridgehead atoms. The summed E-state index contributed by atoms with van der Waals surface area (Å²) in [6.07, 6.45) is 1.20. The largest absolute Gasteiger partial charge is 0.504 e. The molecule has 0 fully saturated rings. The second-order valence-corrected chi connectivity index (χ2v) is 5.69. The molecule has 136 valence electrons. The van der Waals surface area contributed by atoms with Gasteiger partial charge in [-0.25, -0.2) is 4.79 Å². The van der Waals surface area contributed by atoms with Crippen LogP contribution in [0, 0.1) is 0 Å². The van der Waals surface area contributed by atoms with Crippen LogP contribution in [0.1, 0.15) is 17.2 Å². The number of benzene rings is 2. The first-order chi connectivity index (χ1) is 12.5. The maximum atomic E-state index is 10.6. The molecule has 2 aromatic rings. The predicted molar refractivity (Wildman–Crippen MR) is 92.6 cm³/mol. The van der Waals surface area contributed by atoms with Crippen molar-refractivity contribution in [3.8, 4) is 23.0 Å². The predicted octanol–water partition coefficient (Wildman–Crippen LogP) is 2.37. The van der Waals surface area contributed by atoms with E-state index in [1.807, 2.05) is 0 Å². The van der Waals surface area contributed by atoms with Crippen molar-refractivity contribution in [1.82, 2.24) is 0 Å². The lowest BCUT2D eigenvalue weighted by Gasteiger charge is -2.33. The molecule has 7 nitrogen and oxygen atoms in total. The zero-order valence-corrected chi connectivity index (χ0v) is 14.0. The summed E-state index contributed by atoms with van der Waals surface area (Å²) in [6, 6.07) is 9.81. The lowest BCUT2D eigenvalue weighted by Crippen LogP contribution is -2.36. The van der Waals surface area contributed by atoms with Gasteiger partial charge in [-0.2, -0.15) is 0 Å². The van der Waals surface area contributed by atoms with Crippen LogP contribution in [0.3, 0.4) is 0 Å². The molecule has 0 aromatic heterocycles. The number of ether oxygens (including phenoxy) is 3. The first-order valence-corrected chi connectivity index (χ1v) is 7.88. The third kappa shape index (κ3) is 3.57. The van der Waals surface area contributed by atoms with Crippen molar-refractivity contribution in [3.05, 3.63) is 53.6 Å². The maximum absolute atomic E-state index is 10.6. The van der Waals surface area contributed by atoms with E-state index in [-0.39, 0.29) is 12.4 Å². The Morgan fingerprint density at radius 2 is 2.00 bits per heavy atom. The van der Waals surface area contributed by atoms with E-state index in [2.05, 4.69) is 0 Å². The lowest BCUT2D eigenvalue weighted by atomic mass is 10.0. The van der Waals surface area contributed by atoms with E-state index < -0.39 is 18.2 Å². The van der Waals surface area contributed by atoms with Crippen LogP contribution < -0.4 is 14.2 Å². The van der Waals surface area contributed by atoms with Gasteiger partial charge in [-0.1, -0.05) is 12.1 Å². The number of aromatic hydroxyl groups is 1. The van der Waals surface area contributed by atoms with Gasteiger partial charge in [-0.3, -0.25) is 0 Å². The number of methoxy groups -OCH3 is 1. The molecule has 3 N–H and O–H groups in total. The summed E-state index contributed by atoms with van der Waals surface area (Å²) in [5, 5.41) is 28.1. The first-order valence-electron chi connectivity index (χ1n) is 7.88. The minimum atomic E-state index is -1.05. The Bertz CT molecular complexity index is 844. The Hall–Kier alpha value is -3.19. The Labute approximate surface area is 149 Å². The van der Waals surface area contributed by atoms with Crippen LogP contribution in [-0.2, 0) is 4.79 Å². The van der Waals surface area contributed by atoms with E-state index in [1.54, 1.807) is 30.3 Å². The maximum Gasteiger partial charge on any atom is 0.328 e. The fourth-order valence-corrected chi connectivity index (χ4v) is 2.71. The number of fused-ring (bicyclic) bond motifs is 1. The van der Waals surface area contributed by atoms with Crippen LogP contribution in [-0.4, -0.2) is 41.1 Å². The quantitative estimate of drug-likeness (QED) is 0.705. The van der Waals surface area contributed by atoms with Gasteiger partial charge in [0.05, 0.1) is 13.7 Å². The average molecular weight is 358 g/mol. The molecule has 26 heavy (non-hydrogen) atoms. The smallest absolute Gasteiger partial charge is 0.328 e. The number of hydrogen-bond donors (Lipinski definition) is 3. The Kier molecular flexibility index (Phi) is 4.99. The van der Waals surface area contributed by atoms with Crippen molar-refractivity contribution in [2.24, 2.45) is 0 Å². The third-order valence-corrected chi connectivity index (χ3v) is 3.97. The van der Waals surface area contributed by atoms with Gasteiger partial charge < -0.3 is 29.5 Å². The normalized spacial score (nSPS) is 18.7. The molecular formula is C19H18O7. The van der Waals surface area contributed by atoms with Gasteiger partial charge in [-0.15, -0.1) is 0 Å². The summed E-state index contributed by atoms with van der Waals surface area (Å²) in [5.74, 6) is 0.138. The summed E-state index contributed by atoms with van der Waals surface area (Å²) in [5.41, 5.74) is 1.32. The molecule has 2 aromatic carbocycles. The summed E-state index contributed by atoms with van der Waals surface area (Å²) >= 11 is 0. The molecule has 7 heteroatoms. The van der Waals surface area contributed by atoms with Gasteiger partial charge >= 0.3 is 5.97 Å². The van der Waals surface area contributed by atoms with Gasteiger partial charge in [-0.05, 0) is 35.9 Å². The topological polar surface area (TPSA) is 105 Å². The van der Waals surface area contributed by atoms with Crippen LogP contribution in [0.25, 0.3) is 6.08 Å². The number of carboxylic acids is 1. The molecule has 0 spiro atoms. The van der Waals surface area contributed by atoms with Crippen molar-refractivity contribution in [2.45, 2.75) is 12.2 Å². The lowest BCUT2D eigenvalue weighted by molar-refractivity contribution is -0.131. The van der Waals surface area contributed by atoms with Gasteiger partial charge in [0.15, 0.2) is 35.2 Å². The second kappa shape index (κ2) is 7.37. The fourth-order valence-electron chi connectivity index (χ4n) is 2.71. The zero-order valence-electron chi connectivity index (χ0n) is 14.0. The fraction of sp³-hybridized carbons (Fsp3) is 0.211. The van der Waals surface area contributed by atoms with Gasteiger partial charge in [0.25, 0.3) is 0 Å². The standard InChI is InChI=1S/C19H18O7/c1-24-15-9-12(4-5-13(15)21)19-17(10-20)25-16-8-11(3-7-18(22)23)2-6-14(16)26-19/h2-9,17,19-21H,10H2,1H3,(H,22,23)/b7-3+/t17-,19-/m1/s1. The van der Waals surface area contributed by atoms with Crippen LogP contribution in [0.2, 0.25) is 0 Å². The number of carboxylic acid groups (broad SMARTS) is 1. The Morgan fingerprint density at radius 1 is 1.19 bits per heavy atom. The van der Waals surface area contributed by atoms with Crippen LogP contribution in [0.4, 0.5) is 0 Å². The minimum absolute atomic E-state index is 0.00351. The molecule has 0 amide bonds. The molecule has 1 aliphatic heterocycles. The molecule has 0 aliphatic carbocycles. The highest BCUT2D eigenvalue weighted by atomic mass is 16.6. The SMILES string of the molecule is COc1cc([C@H]2Oc3ccc(/C=C/C(=O)O)cc3O[C@@H]2CO)ccc1O. The first kappa shape index (κ1) is 17.6. The molecule has 2 atom stereocenters. The molecule has 0 unspecified atom stereocenters. The van der Waals surface area contributed by atoms with E-state index >= 15 is 0 Å². The Balaban J connectivity index is 1.91. The van der Waals surface area contributed by atoms with Gasteiger partial charge in [0.1, 0.15) is 0 Å². The summed E-state index contributed by atoms with van der Waals surface area (Å²) < 4.78 is 16.9. The van der Waals surface area contributed by atoms with E-state index in [0.717, 1.165) is 6.08 Å². The summed E-state index contributed by atoms with van der Waals surface area (Å²) in [7, 11) is 1.45. The minimum Gasteiger partial charge on any atom is -0.504 e. The highest BCUT2D eigenvalue weighted by Crippen LogP contribution is 2.41. The van der Waals surface area contributed by atoms with Crippen molar-refractivity contribution in [1.29, 1.82) is 0 Å². The van der Waals surface area contributed by atoms with Crippen molar-refractivity contribution in [3.63, 3.8) is 0 Å². The molecule has 1 heterocycles. The number of rotatable bonds is 5. The number of phenolic OH excluding ortho intramolecular Hbond substituents is 1. The van der Waals surface area contributed by atoms with Crippen molar-refractivity contribution >= 4 is 12.0 Å². The van der Waals surface area contributed by atoms with E-state index in [9.17, 15) is 15.0 Å². The molecule has 3 rings (SSSR count). The van der Waals surface area contributed by atoms with E-state index in [4.69, 9.17) is 19.3 Å². The second-order valence-electron chi connectivity index (χ2n) is 5.69. The summed E-state index contributed by atoms with van der Waals surface area (Å²) in [4.78, 5) is 10.6. The monoisotopic (exact) mass is 358 g/mol. The highest BCUT2D eigenvalue weighted by Gasteiger charge is 2.33. The Morgan fingerprint density at radius 3 is 2.69 bits per heavy atom. The van der Waals surface area contributed by atoms with Crippen LogP contribution in [0.5, 0.6) is 23.0 Å². The number of hydrogen-bond acceptors (Lipinski definition) is 6. The molecule has 0 radical (unpaired) electrons. The molecule has 0 saturated heterocycles. The third-order valence-electron chi connectivity index (χ3n) is 3.97. The summed E-state index contributed by atoms with van der Waals surface area (Å²) in [6.45, 7) is -0.289. The zero-order chi connectivity index (χ0) is 18.7. The number of carbonyl (C=O) groups is 1. The van der Waals surface area contributed by atoms with E-state index in [1.165, 1.54) is 19.3 Å². The van der Waals surface area contributed by atoms with Crippen molar-refractivity contribution < 1.29 is 34.3 Å². The van der Waals surface area contributed by atoms with Crippen LogP contribution >= 0.6 is 0 Å². The van der Waals surface area contributed by atoms with Crippen molar-refractivity contribution in [2.75, 3.05) is 13.7 Å². The average Bonchev–Trinajstić information content (AvgIpc) is 2.65. The number of aliphatic carboxylic acids is 1. The van der Waals surface area contributed by atoms with Crippen LogP contribution in [0.15, 0.2) is 42.5 Å². The van der Waals surface area contributed by atoms with Gasteiger partial charge in [0, 0.05) is 11.6 Å². The highest BCUT2D eigenvalue weighted by molar-refractivity contribution is 5.85. The van der Waals surface area contributed by atoms with E-state index in [0.29, 0.717) is 28.4 Å². The number of aliphatic hydroxyl groups is 1. The molecule has 1 aliphatic rings.